The Bertz CT molecular complexity index is 2310. The van der Waals surface area contributed by atoms with Crippen LogP contribution in [0.25, 0.3) is 22.2 Å². The van der Waals surface area contributed by atoms with Gasteiger partial charge in [0.15, 0.2) is 0 Å². The maximum Gasteiger partial charge on any atom is 0.229 e. The highest BCUT2D eigenvalue weighted by Gasteiger charge is 2.22. The summed E-state index contributed by atoms with van der Waals surface area (Å²) in [5.74, 6) is 6.46. The van der Waals surface area contributed by atoms with Gasteiger partial charge in [0.25, 0.3) is 0 Å². The summed E-state index contributed by atoms with van der Waals surface area (Å²) in [7, 11) is 1.54. The van der Waals surface area contributed by atoms with Crippen LogP contribution in [0.15, 0.2) is 73.1 Å². The number of benzene rings is 3. The Morgan fingerprint density at radius 2 is 1.79 bits per heavy atom. The predicted molar refractivity (Wildman–Crippen MR) is 243 cm³/mol. The highest BCUT2D eigenvalue weighted by molar-refractivity contribution is 6.30. The van der Waals surface area contributed by atoms with Gasteiger partial charge in [-0.05, 0) is 86.2 Å². The van der Waals surface area contributed by atoms with Gasteiger partial charge in [-0.25, -0.2) is 9.37 Å². The summed E-state index contributed by atoms with van der Waals surface area (Å²) in [5, 5.41) is 9.77. The van der Waals surface area contributed by atoms with Crippen molar-refractivity contribution in [2.75, 3.05) is 70.2 Å². The first kappa shape index (κ1) is 44.5. The molecule has 7 rings (SSSR count). The van der Waals surface area contributed by atoms with Crippen molar-refractivity contribution in [1.29, 1.82) is 0 Å². The number of anilines is 3. The summed E-state index contributed by atoms with van der Waals surface area (Å²) in [6.45, 7) is 7.54. The van der Waals surface area contributed by atoms with Gasteiger partial charge in [0.1, 0.15) is 23.8 Å². The van der Waals surface area contributed by atoms with Gasteiger partial charge in [-0.2, -0.15) is 4.98 Å². The fourth-order valence-electron chi connectivity index (χ4n) is 8.25. The SMILES string of the molecule is COc1ccc(C#CCOCCCCCN2CCN(Cc3ccc(-c4cn(C5CCCCC5)c5nc(Nc6cc(F)cc(Cl)c6)ncc45)cc3)CC2)cc1NC(=O)CCNC=O. The molecule has 0 bridgehead atoms. The largest absolute Gasteiger partial charge is 0.495 e. The van der Waals surface area contributed by atoms with Crippen molar-refractivity contribution in [1.82, 2.24) is 29.7 Å². The van der Waals surface area contributed by atoms with Crippen molar-refractivity contribution in [2.45, 2.75) is 70.4 Å². The lowest BCUT2D eigenvalue weighted by molar-refractivity contribution is -0.116. The van der Waals surface area contributed by atoms with Crippen LogP contribution in [0.4, 0.5) is 21.7 Å². The first-order chi connectivity index (χ1) is 30.3. The van der Waals surface area contributed by atoms with Crippen LogP contribution < -0.4 is 20.7 Å². The van der Waals surface area contributed by atoms with Gasteiger partial charge in [-0.15, -0.1) is 0 Å². The number of nitrogens with zero attached hydrogens (tertiary/aromatic N) is 5. The Balaban J connectivity index is 0.829. The number of amides is 2. The van der Waals surface area contributed by atoms with E-state index in [9.17, 15) is 14.0 Å². The maximum atomic E-state index is 14.0. The van der Waals surface area contributed by atoms with Crippen molar-refractivity contribution in [3.8, 4) is 28.7 Å². The average Bonchev–Trinajstić information content (AvgIpc) is 3.65. The Hall–Kier alpha value is -5.52. The molecular weight excluding hydrogens is 807 g/mol. The van der Waals surface area contributed by atoms with E-state index in [1.165, 1.54) is 37.0 Å². The zero-order valence-electron chi connectivity index (χ0n) is 35.4. The fourth-order valence-corrected chi connectivity index (χ4v) is 8.47. The van der Waals surface area contributed by atoms with Gasteiger partial charge < -0.3 is 34.9 Å². The van der Waals surface area contributed by atoms with E-state index >= 15 is 0 Å². The number of piperazine rings is 1. The van der Waals surface area contributed by atoms with Crippen LogP contribution in [0.1, 0.15) is 75.0 Å². The van der Waals surface area contributed by atoms with Gasteiger partial charge in [0.2, 0.25) is 18.3 Å². The van der Waals surface area contributed by atoms with E-state index in [1.54, 1.807) is 25.3 Å². The molecule has 62 heavy (non-hydrogen) atoms. The van der Waals surface area contributed by atoms with Crippen LogP contribution in [-0.4, -0.2) is 96.2 Å². The number of aromatic nitrogens is 3. The standard InChI is InChI=1S/C48H56ClFN8O4/c1-61-45-17-14-35(27-44(45)54-46(60)18-19-51-34-59)9-8-26-62-25-7-3-6-20-56-21-23-57(24-22-56)32-36-12-15-37(16-13-36)43-33-58(41-10-4-2-5-11-41)47-42(43)31-52-48(55-47)53-40-29-38(49)28-39(50)30-40/h12-17,27-31,33-34,41H,2-7,10-11,18-26,32H2,1H3,(H,51,59)(H,54,60)(H,52,53,55). The number of halogens is 2. The van der Waals surface area contributed by atoms with Crippen molar-refractivity contribution in [2.24, 2.45) is 0 Å². The fraction of sp³-hybridized carbons (Fsp3) is 0.417. The summed E-state index contributed by atoms with van der Waals surface area (Å²) >= 11 is 6.11. The second-order valence-corrected chi connectivity index (χ2v) is 16.4. The number of ether oxygens (including phenoxy) is 2. The minimum Gasteiger partial charge on any atom is -0.495 e. The molecule has 14 heteroatoms. The van der Waals surface area contributed by atoms with E-state index in [2.05, 4.69) is 77.6 Å². The van der Waals surface area contributed by atoms with Crippen LogP contribution in [0.5, 0.6) is 5.75 Å². The summed E-state index contributed by atoms with van der Waals surface area (Å²) in [6, 6.07) is 19.1. The van der Waals surface area contributed by atoms with E-state index in [4.69, 9.17) is 26.1 Å². The minimum absolute atomic E-state index is 0.161. The maximum absolute atomic E-state index is 14.0. The quantitative estimate of drug-likeness (QED) is 0.0426. The Morgan fingerprint density at radius 1 is 0.984 bits per heavy atom. The van der Waals surface area contributed by atoms with Gasteiger partial charge in [-0.1, -0.05) is 67.0 Å². The monoisotopic (exact) mass is 862 g/mol. The Kier molecular flexibility index (Phi) is 16.2. The van der Waals surface area contributed by atoms with Gasteiger partial charge in [0.05, 0.1) is 12.8 Å². The molecule has 3 heterocycles. The van der Waals surface area contributed by atoms with Crippen molar-refractivity contribution in [3.05, 3.63) is 95.0 Å². The molecule has 1 aliphatic heterocycles. The molecule has 3 N–H and O–H groups in total. The lowest BCUT2D eigenvalue weighted by atomic mass is 9.95. The van der Waals surface area contributed by atoms with Crippen molar-refractivity contribution < 1.29 is 23.5 Å². The van der Waals surface area contributed by atoms with Crippen LogP contribution in [-0.2, 0) is 20.9 Å². The summed E-state index contributed by atoms with van der Waals surface area (Å²) in [5.41, 5.74) is 6.25. The third-order valence-electron chi connectivity index (χ3n) is 11.5. The number of hydrogen-bond donors (Lipinski definition) is 3. The third kappa shape index (κ3) is 12.5. The molecule has 0 spiro atoms. The Morgan fingerprint density at radius 3 is 2.56 bits per heavy atom. The number of carbonyl (C=O) groups is 2. The molecule has 2 aliphatic rings. The molecular formula is C48H56ClFN8O4. The zero-order chi connectivity index (χ0) is 43.1. The van der Waals surface area contributed by atoms with Gasteiger partial charge >= 0.3 is 0 Å². The van der Waals surface area contributed by atoms with E-state index in [0.717, 1.165) is 99.1 Å². The highest BCUT2D eigenvalue weighted by atomic mass is 35.5. The smallest absolute Gasteiger partial charge is 0.229 e. The number of nitrogens with one attached hydrogen (secondary N) is 3. The molecule has 0 unspecified atom stereocenters. The Labute approximate surface area is 368 Å². The van der Waals surface area contributed by atoms with Gasteiger partial charge in [0, 0.05) is 98.0 Å². The van der Waals surface area contributed by atoms with Crippen molar-refractivity contribution in [3.63, 3.8) is 0 Å². The highest BCUT2D eigenvalue weighted by Crippen LogP contribution is 2.37. The first-order valence-electron chi connectivity index (χ1n) is 21.7. The molecule has 2 fully saturated rings. The average molecular weight is 863 g/mol. The summed E-state index contributed by atoms with van der Waals surface area (Å²) in [4.78, 5) is 37.3. The van der Waals surface area contributed by atoms with Gasteiger partial charge in [-0.3, -0.25) is 14.5 Å². The van der Waals surface area contributed by atoms with E-state index in [1.807, 2.05) is 12.3 Å². The molecule has 0 atom stereocenters. The van der Waals surface area contributed by atoms with Crippen LogP contribution >= 0.6 is 11.6 Å². The number of rotatable bonds is 19. The molecule has 2 aromatic heterocycles. The molecule has 2 amide bonds. The molecule has 3 aromatic carbocycles. The summed E-state index contributed by atoms with van der Waals surface area (Å²) < 4.78 is 27.5. The molecule has 1 saturated heterocycles. The van der Waals surface area contributed by atoms with E-state index < -0.39 is 5.82 Å². The lowest BCUT2D eigenvalue weighted by Crippen LogP contribution is -2.46. The molecule has 1 saturated carbocycles. The molecule has 1 aliphatic carbocycles. The predicted octanol–water partition coefficient (Wildman–Crippen LogP) is 8.58. The van der Waals surface area contributed by atoms with E-state index in [-0.39, 0.29) is 18.9 Å². The summed E-state index contributed by atoms with van der Waals surface area (Å²) in [6.07, 6.45) is 14.0. The third-order valence-corrected chi connectivity index (χ3v) is 11.7. The number of carbonyl (C=O) groups excluding carboxylic acids is 2. The van der Waals surface area contributed by atoms with Crippen molar-refractivity contribution >= 4 is 52.3 Å². The molecule has 5 aromatic rings. The van der Waals surface area contributed by atoms with E-state index in [0.29, 0.717) is 53.8 Å². The minimum atomic E-state index is -0.414. The number of methoxy groups -OCH3 is 1. The van der Waals surface area contributed by atoms with Crippen LogP contribution in [0, 0.1) is 17.7 Å². The topological polar surface area (TPSA) is 126 Å². The lowest BCUT2D eigenvalue weighted by Gasteiger charge is -2.34. The number of fused-ring (bicyclic) bond motifs is 1. The first-order valence-corrected chi connectivity index (χ1v) is 22.1. The number of unbranched alkanes of at least 4 members (excludes halogenated alkanes) is 2. The second-order valence-electron chi connectivity index (χ2n) is 16.0. The molecule has 0 radical (unpaired) electrons. The number of hydrogen-bond acceptors (Lipinski definition) is 9. The normalized spacial score (nSPS) is 14.9. The second kappa shape index (κ2) is 22.5. The molecule has 326 valence electrons. The zero-order valence-corrected chi connectivity index (χ0v) is 36.2. The van der Waals surface area contributed by atoms with Crippen LogP contribution in [0.2, 0.25) is 5.02 Å². The van der Waals surface area contributed by atoms with Crippen LogP contribution in [0.3, 0.4) is 0 Å². The molecule has 12 nitrogen and oxygen atoms in total.